The van der Waals surface area contributed by atoms with Crippen molar-refractivity contribution >= 4 is 5.71 Å². The number of nitrogens with one attached hydrogen (secondary N) is 1. The number of fused-ring (bicyclic) bond motifs is 1. The van der Waals surface area contributed by atoms with Crippen molar-refractivity contribution in [3.63, 3.8) is 0 Å². The summed E-state index contributed by atoms with van der Waals surface area (Å²) < 4.78 is 11.4. The van der Waals surface area contributed by atoms with Crippen molar-refractivity contribution in [1.82, 2.24) is 10.3 Å². The van der Waals surface area contributed by atoms with Crippen LogP contribution in [0.15, 0.2) is 23.3 Å². The fourth-order valence-corrected chi connectivity index (χ4v) is 3.47. The molecule has 0 spiro atoms. The Bertz CT molecular complexity index is 573. The SMILES string of the molecule is CCOc1ccc(C2NN=C3CCN(CC)CC32)cc1OCC. The van der Waals surface area contributed by atoms with E-state index in [1.807, 2.05) is 19.9 Å². The van der Waals surface area contributed by atoms with Gasteiger partial charge in [0, 0.05) is 31.1 Å². The van der Waals surface area contributed by atoms with E-state index in [2.05, 4.69) is 34.5 Å². The molecule has 0 saturated carbocycles. The molecule has 2 aliphatic heterocycles. The van der Waals surface area contributed by atoms with Gasteiger partial charge in [-0.2, -0.15) is 5.10 Å². The molecule has 0 bridgehead atoms. The van der Waals surface area contributed by atoms with E-state index in [1.54, 1.807) is 0 Å². The quantitative estimate of drug-likeness (QED) is 0.876. The van der Waals surface area contributed by atoms with Crippen molar-refractivity contribution in [2.45, 2.75) is 33.2 Å². The molecule has 1 aromatic carbocycles. The standard InChI is InChI=1S/C18H27N3O2/c1-4-21-10-9-15-14(12-21)18(20-19-15)13-7-8-16(22-5-2)17(11-13)23-6-3/h7-8,11,14,18,20H,4-6,9-10,12H2,1-3H3. The number of likely N-dealkylation sites (tertiary alicyclic amines) is 1. The molecule has 5 heteroatoms. The van der Waals surface area contributed by atoms with Crippen LogP contribution < -0.4 is 14.9 Å². The Balaban J connectivity index is 1.82. The van der Waals surface area contributed by atoms with E-state index in [1.165, 1.54) is 11.3 Å². The van der Waals surface area contributed by atoms with Gasteiger partial charge in [0.2, 0.25) is 0 Å². The average Bonchev–Trinajstić information content (AvgIpc) is 3.00. The number of ether oxygens (including phenoxy) is 2. The number of piperidine rings is 1. The lowest BCUT2D eigenvalue weighted by Gasteiger charge is -2.32. The highest BCUT2D eigenvalue weighted by Crippen LogP contribution is 2.36. The predicted octanol–water partition coefficient (Wildman–Crippen LogP) is 2.83. The molecule has 1 aromatic rings. The van der Waals surface area contributed by atoms with Crippen LogP contribution in [-0.2, 0) is 0 Å². The average molecular weight is 317 g/mol. The van der Waals surface area contributed by atoms with Crippen LogP contribution in [0.25, 0.3) is 0 Å². The van der Waals surface area contributed by atoms with E-state index >= 15 is 0 Å². The molecule has 1 saturated heterocycles. The second-order valence-electron chi connectivity index (χ2n) is 6.03. The maximum absolute atomic E-state index is 5.77. The van der Waals surface area contributed by atoms with Gasteiger partial charge < -0.3 is 19.8 Å². The summed E-state index contributed by atoms with van der Waals surface area (Å²) in [6, 6.07) is 6.49. The smallest absolute Gasteiger partial charge is 0.161 e. The van der Waals surface area contributed by atoms with Crippen molar-refractivity contribution < 1.29 is 9.47 Å². The highest BCUT2D eigenvalue weighted by molar-refractivity contribution is 5.90. The van der Waals surface area contributed by atoms with Crippen LogP contribution in [0.4, 0.5) is 0 Å². The van der Waals surface area contributed by atoms with E-state index in [4.69, 9.17) is 9.47 Å². The summed E-state index contributed by atoms with van der Waals surface area (Å²) in [5, 5.41) is 4.59. The highest BCUT2D eigenvalue weighted by Gasteiger charge is 2.36. The van der Waals surface area contributed by atoms with Crippen LogP contribution in [0.1, 0.15) is 38.8 Å². The molecule has 23 heavy (non-hydrogen) atoms. The van der Waals surface area contributed by atoms with E-state index in [0.717, 1.165) is 37.6 Å². The molecule has 0 aromatic heterocycles. The first kappa shape index (κ1) is 16.1. The summed E-state index contributed by atoms with van der Waals surface area (Å²) >= 11 is 0. The number of hydrazone groups is 1. The molecule has 1 N–H and O–H groups in total. The maximum atomic E-state index is 5.77. The van der Waals surface area contributed by atoms with E-state index in [-0.39, 0.29) is 6.04 Å². The normalized spacial score (nSPS) is 23.9. The second kappa shape index (κ2) is 7.21. The fraction of sp³-hybridized carbons (Fsp3) is 0.611. The van der Waals surface area contributed by atoms with Gasteiger partial charge >= 0.3 is 0 Å². The Morgan fingerprint density at radius 1 is 1.17 bits per heavy atom. The van der Waals surface area contributed by atoms with E-state index in [0.29, 0.717) is 19.1 Å². The van der Waals surface area contributed by atoms with Gasteiger partial charge in [-0.15, -0.1) is 0 Å². The Hall–Kier alpha value is -1.75. The summed E-state index contributed by atoms with van der Waals surface area (Å²) in [4.78, 5) is 2.50. The van der Waals surface area contributed by atoms with Gasteiger partial charge in [0.25, 0.3) is 0 Å². The summed E-state index contributed by atoms with van der Waals surface area (Å²) in [6.45, 7) is 10.8. The number of hydrogen-bond acceptors (Lipinski definition) is 5. The topological polar surface area (TPSA) is 46.1 Å². The Kier molecular flexibility index (Phi) is 5.06. The summed E-state index contributed by atoms with van der Waals surface area (Å²) in [5.74, 6) is 2.09. The van der Waals surface area contributed by atoms with Crippen molar-refractivity contribution in [3.05, 3.63) is 23.8 Å². The van der Waals surface area contributed by atoms with Gasteiger partial charge in [0.05, 0.1) is 19.3 Å². The van der Waals surface area contributed by atoms with Gasteiger partial charge in [-0.05, 0) is 38.1 Å². The molecule has 3 rings (SSSR count). The molecule has 5 nitrogen and oxygen atoms in total. The Labute approximate surface area is 138 Å². The third-order valence-electron chi connectivity index (χ3n) is 4.69. The summed E-state index contributed by atoms with van der Waals surface area (Å²) in [5.41, 5.74) is 5.88. The molecule has 0 aliphatic carbocycles. The van der Waals surface area contributed by atoms with Crippen LogP contribution in [0.3, 0.4) is 0 Å². The van der Waals surface area contributed by atoms with E-state index < -0.39 is 0 Å². The summed E-state index contributed by atoms with van der Waals surface area (Å²) in [7, 11) is 0. The Morgan fingerprint density at radius 2 is 1.96 bits per heavy atom. The monoisotopic (exact) mass is 317 g/mol. The molecule has 1 fully saturated rings. The highest BCUT2D eigenvalue weighted by atomic mass is 16.5. The Morgan fingerprint density at radius 3 is 2.70 bits per heavy atom. The third-order valence-corrected chi connectivity index (χ3v) is 4.69. The minimum absolute atomic E-state index is 0.231. The lowest BCUT2D eigenvalue weighted by molar-refractivity contribution is 0.238. The second-order valence-corrected chi connectivity index (χ2v) is 6.03. The van der Waals surface area contributed by atoms with Crippen LogP contribution >= 0.6 is 0 Å². The number of benzene rings is 1. The molecular formula is C18H27N3O2. The van der Waals surface area contributed by atoms with Crippen LogP contribution in [-0.4, -0.2) is 43.5 Å². The fourth-order valence-electron chi connectivity index (χ4n) is 3.47. The van der Waals surface area contributed by atoms with Gasteiger partial charge in [-0.1, -0.05) is 13.0 Å². The number of hydrogen-bond donors (Lipinski definition) is 1. The third kappa shape index (κ3) is 3.29. The molecular weight excluding hydrogens is 290 g/mol. The van der Waals surface area contributed by atoms with Crippen LogP contribution in [0, 0.1) is 5.92 Å². The zero-order chi connectivity index (χ0) is 16.2. The summed E-state index contributed by atoms with van der Waals surface area (Å²) in [6.07, 6.45) is 1.07. The van der Waals surface area contributed by atoms with Crippen molar-refractivity contribution in [2.24, 2.45) is 11.0 Å². The molecule has 2 atom stereocenters. The maximum Gasteiger partial charge on any atom is 0.161 e. The largest absolute Gasteiger partial charge is 0.490 e. The minimum atomic E-state index is 0.231. The van der Waals surface area contributed by atoms with Crippen LogP contribution in [0.2, 0.25) is 0 Å². The van der Waals surface area contributed by atoms with Gasteiger partial charge in [-0.25, -0.2) is 0 Å². The van der Waals surface area contributed by atoms with Crippen molar-refractivity contribution in [1.29, 1.82) is 0 Å². The number of nitrogens with zero attached hydrogens (tertiary/aromatic N) is 2. The van der Waals surface area contributed by atoms with Gasteiger partial charge in [0.1, 0.15) is 0 Å². The molecule has 0 radical (unpaired) electrons. The lowest BCUT2D eigenvalue weighted by atomic mass is 9.86. The van der Waals surface area contributed by atoms with Crippen molar-refractivity contribution in [3.8, 4) is 11.5 Å². The molecule has 2 heterocycles. The zero-order valence-electron chi connectivity index (χ0n) is 14.3. The first-order chi connectivity index (χ1) is 11.3. The molecule has 2 aliphatic rings. The van der Waals surface area contributed by atoms with Crippen LogP contribution in [0.5, 0.6) is 11.5 Å². The molecule has 0 amide bonds. The molecule has 126 valence electrons. The molecule has 2 unspecified atom stereocenters. The van der Waals surface area contributed by atoms with Crippen molar-refractivity contribution in [2.75, 3.05) is 32.8 Å². The van der Waals surface area contributed by atoms with E-state index in [9.17, 15) is 0 Å². The van der Waals surface area contributed by atoms with Gasteiger partial charge in [0.15, 0.2) is 11.5 Å². The van der Waals surface area contributed by atoms with Gasteiger partial charge in [-0.3, -0.25) is 0 Å². The predicted molar refractivity (Wildman–Crippen MR) is 92.3 cm³/mol. The number of rotatable bonds is 6. The lowest BCUT2D eigenvalue weighted by Crippen LogP contribution is -2.41. The zero-order valence-corrected chi connectivity index (χ0v) is 14.3. The first-order valence-corrected chi connectivity index (χ1v) is 8.70. The minimum Gasteiger partial charge on any atom is -0.490 e. The first-order valence-electron chi connectivity index (χ1n) is 8.70.